The van der Waals surface area contributed by atoms with Crippen LogP contribution in [0.15, 0.2) is 57.9 Å². The Morgan fingerprint density at radius 3 is 2.44 bits per heavy atom. The van der Waals surface area contributed by atoms with Crippen LogP contribution in [0.1, 0.15) is 11.6 Å². The third kappa shape index (κ3) is 3.75. The Morgan fingerprint density at radius 2 is 1.78 bits per heavy atom. The van der Waals surface area contributed by atoms with E-state index < -0.39 is 0 Å². The van der Waals surface area contributed by atoms with Gasteiger partial charge in [-0.1, -0.05) is 35.9 Å². The van der Waals surface area contributed by atoms with Gasteiger partial charge < -0.3 is 5.73 Å². The molecule has 1 nitrogen and oxygen atoms in total. The summed E-state index contributed by atoms with van der Waals surface area (Å²) < 4.78 is 1.11. The number of nitrogens with two attached hydrogens (primary N) is 1. The van der Waals surface area contributed by atoms with Crippen LogP contribution in [-0.2, 0) is 0 Å². The van der Waals surface area contributed by atoms with Gasteiger partial charge in [-0.05, 0) is 45.8 Å². The summed E-state index contributed by atoms with van der Waals surface area (Å²) in [6.07, 6.45) is 0. The first-order valence-corrected chi connectivity index (χ1v) is 7.71. The standard InChI is InChI=1S/C14H13BrClNS/c15-12-3-1-2-4-14(12)18-9-13(17)10-5-7-11(16)8-6-10/h1-8,13H,9,17H2. The molecule has 0 amide bonds. The Hall–Kier alpha value is -0.480. The molecule has 0 saturated carbocycles. The highest BCUT2D eigenvalue weighted by Crippen LogP contribution is 2.29. The molecule has 0 fully saturated rings. The zero-order valence-electron chi connectivity index (χ0n) is 9.64. The molecule has 94 valence electrons. The van der Waals surface area contributed by atoms with Crippen LogP contribution in [0.25, 0.3) is 0 Å². The Balaban J connectivity index is 1.98. The van der Waals surface area contributed by atoms with Gasteiger partial charge in [-0.3, -0.25) is 0 Å². The maximum Gasteiger partial charge on any atom is 0.0406 e. The molecule has 0 heterocycles. The number of benzene rings is 2. The number of halogens is 2. The van der Waals surface area contributed by atoms with Gasteiger partial charge in [0.2, 0.25) is 0 Å². The molecule has 0 aliphatic heterocycles. The van der Waals surface area contributed by atoms with E-state index in [1.54, 1.807) is 11.8 Å². The maximum atomic E-state index is 6.16. The third-order valence-electron chi connectivity index (χ3n) is 2.55. The second-order valence-corrected chi connectivity index (χ2v) is 6.25. The SMILES string of the molecule is NC(CSc1ccccc1Br)c1ccc(Cl)cc1. The number of rotatable bonds is 4. The average molecular weight is 343 g/mol. The maximum absolute atomic E-state index is 6.16. The van der Waals surface area contributed by atoms with E-state index in [9.17, 15) is 0 Å². The molecule has 1 atom stereocenters. The number of thioether (sulfide) groups is 1. The lowest BCUT2D eigenvalue weighted by molar-refractivity contribution is 0.831. The van der Waals surface area contributed by atoms with E-state index in [-0.39, 0.29) is 6.04 Å². The number of hydrogen-bond acceptors (Lipinski definition) is 2. The molecule has 0 aliphatic carbocycles. The highest BCUT2D eigenvalue weighted by atomic mass is 79.9. The molecule has 2 N–H and O–H groups in total. The van der Waals surface area contributed by atoms with Crippen molar-refractivity contribution in [1.82, 2.24) is 0 Å². The van der Waals surface area contributed by atoms with Crippen LogP contribution in [0, 0.1) is 0 Å². The minimum absolute atomic E-state index is 0.0133. The molecular weight excluding hydrogens is 330 g/mol. The topological polar surface area (TPSA) is 26.0 Å². The lowest BCUT2D eigenvalue weighted by Crippen LogP contribution is -2.12. The summed E-state index contributed by atoms with van der Waals surface area (Å²) in [4.78, 5) is 1.21. The van der Waals surface area contributed by atoms with E-state index in [0.717, 1.165) is 20.8 Å². The summed E-state index contributed by atoms with van der Waals surface area (Å²) >= 11 is 11.1. The van der Waals surface area contributed by atoms with Gasteiger partial charge >= 0.3 is 0 Å². The van der Waals surface area contributed by atoms with Crippen molar-refractivity contribution >= 4 is 39.3 Å². The van der Waals surface area contributed by atoms with Crippen LogP contribution in [0.5, 0.6) is 0 Å². The molecule has 1 unspecified atom stereocenters. The normalized spacial score (nSPS) is 12.4. The molecule has 0 spiro atoms. The van der Waals surface area contributed by atoms with Crippen LogP contribution < -0.4 is 5.73 Å². The van der Waals surface area contributed by atoms with Crippen molar-refractivity contribution in [2.24, 2.45) is 5.73 Å². The first-order chi connectivity index (χ1) is 8.66. The van der Waals surface area contributed by atoms with Crippen molar-refractivity contribution in [3.05, 3.63) is 63.6 Å². The lowest BCUT2D eigenvalue weighted by atomic mass is 10.1. The summed E-state index contributed by atoms with van der Waals surface area (Å²) in [5.74, 6) is 0.838. The third-order valence-corrected chi connectivity index (χ3v) is 4.95. The minimum atomic E-state index is 0.0133. The quantitative estimate of drug-likeness (QED) is 0.800. The molecule has 0 aliphatic rings. The summed E-state index contributed by atoms with van der Waals surface area (Å²) in [6.45, 7) is 0. The summed E-state index contributed by atoms with van der Waals surface area (Å²) in [5, 5.41) is 0.740. The zero-order valence-corrected chi connectivity index (χ0v) is 12.8. The van der Waals surface area contributed by atoms with E-state index in [2.05, 4.69) is 22.0 Å². The zero-order chi connectivity index (χ0) is 13.0. The van der Waals surface area contributed by atoms with Gasteiger partial charge in [0.05, 0.1) is 0 Å². The summed E-state index contributed by atoms with van der Waals surface area (Å²) in [5.41, 5.74) is 7.27. The molecule has 0 saturated heterocycles. The molecule has 4 heteroatoms. The van der Waals surface area contributed by atoms with Gasteiger partial charge in [0.1, 0.15) is 0 Å². The van der Waals surface area contributed by atoms with Crippen LogP contribution in [-0.4, -0.2) is 5.75 Å². The molecule has 2 rings (SSSR count). The predicted octanol–water partition coefficient (Wildman–Crippen LogP) is 4.89. The van der Waals surface area contributed by atoms with Gasteiger partial charge in [-0.15, -0.1) is 11.8 Å². The van der Waals surface area contributed by atoms with Crippen molar-refractivity contribution in [3.63, 3.8) is 0 Å². The fourth-order valence-electron chi connectivity index (χ4n) is 1.55. The van der Waals surface area contributed by atoms with E-state index in [1.165, 1.54) is 4.90 Å². The summed E-state index contributed by atoms with van der Waals surface area (Å²) in [7, 11) is 0. The van der Waals surface area contributed by atoms with Crippen molar-refractivity contribution in [3.8, 4) is 0 Å². The first kappa shape index (κ1) is 13.9. The number of hydrogen-bond donors (Lipinski definition) is 1. The van der Waals surface area contributed by atoms with Crippen LogP contribution in [0.2, 0.25) is 5.02 Å². The van der Waals surface area contributed by atoms with Crippen LogP contribution in [0.4, 0.5) is 0 Å². The Bertz CT molecular complexity index is 515. The highest BCUT2D eigenvalue weighted by Gasteiger charge is 2.07. The fraction of sp³-hybridized carbons (Fsp3) is 0.143. The Labute approximate surface area is 125 Å². The highest BCUT2D eigenvalue weighted by molar-refractivity contribution is 9.10. The molecular formula is C14H13BrClNS. The second-order valence-electron chi connectivity index (χ2n) is 3.90. The molecule has 2 aromatic rings. The molecule has 0 aromatic heterocycles. The van der Waals surface area contributed by atoms with Gasteiger partial charge in [0.15, 0.2) is 0 Å². The van der Waals surface area contributed by atoms with Gasteiger partial charge in [0.25, 0.3) is 0 Å². The van der Waals surface area contributed by atoms with E-state index in [1.807, 2.05) is 42.5 Å². The monoisotopic (exact) mass is 341 g/mol. The minimum Gasteiger partial charge on any atom is -0.323 e. The Morgan fingerprint density at radius 1 is 1.11 bits per heavy atom. The van der Waals surface area contributed by atoms with Crippen LogP contribution in [0.3, 0.4) is 0 Å². The summed E-state index contributed by atoms with van der Waals surface area (Å²) in [6, 6.07) is 15.9. The smallest absolute Gasteiger partial charge is 0.0406 e. The molecule has 18 heavy (non-hydrogen) atoms. The molecule has 2 aromatic carbocycles. The van der Waals surface area contributed by atoms with Crippen LogP contribution >= 0.6 is 39.3 Å². The molecule has 0 radical (unpaired) electrons. The predicted molar refractivity (Wildman–Crippen MR) is 83.2 cm³/mol. The fourth-order valence-corrected chi connectivity index (χ4v) is 3.23. The van der Waals surface area contributed by atoms with Crippen molar-refractivity contribution in [2.45, 2.75) is 10.9 Å². The Kier molecular flexibility index (Phi) is 5.13. The van der Waals surface area contributed by atoms with Crippen molar-refractivity contribution < 1.29 is 0 Å². The first-order valence-electron chi connectivity index (χ1n) is 5.55. The average Bonchev–Trinajstić information content (AvgIpc) is 2.38. The van der Waals surface area contributed by atoms with E-state index in [4.69, 9.17) is 17.3 Å². The van der Waals surface area contributed by atoms with Gasteiger partial charge in [-0.2, -0.15) is 0 Å². The van der Waals surface area contributed by atoms with Crippen molar-refractivity contribution in [1.29, 1.82) is 0 Å². The lowest BCUT2D eigenvalue weighted by Gasteiger charge is -2.12. The van der Waals surface area contributed by atoms with Gasteiger partial charge in [-0.25, -0.2) is 0 Å². The van der Waals surface area contributed by atoms with E-state index in [0.29, 0.717) is 0 Å². The second kappa shape index (κ2) is 6.62. The van der Waals surface area contributed by atoms with Crippen molar-refractivity contribution in [2.75, 3.05) is 5.75 Å². The largest absolute Gasteiger partial charge is 0.323 e. The van der Waals surface area contributed by atoms with Gasteiger partial charge in [0, 0.05) is 26.2 Å². The van der Waals surface area contributed by atoms with E-state index >= 15 is 0 Å². The molecule has 0 bridgehead atoms.